The number of likely N-dealkylation sites (N-methyl/N-ethyl adjacent to an activating group) is 1. The molecule has 1 saturated heterocycles. The molecule has 1 fully saturated rings. The first-order valence-corrected chi connectivity index (χ1v) is 9.98. The molecular formula is C23H24N6. The van der Waals surface area contributed by atoms with Crippen LogP contribution in [0.5, 0.6) is 0 Å². The minimum atomic E-state index is 0.269. The van der Waals surface area contributed by atoms with Gasteiger partial charge in [0.05, 0.1) is 17.4 Å². The van der Waals surface area contributed by atoms with Crippen molar-refractivity contribution in [2.45, 2.75) is 12.6 Å². The summed E-state index contributed by atoms with van der Waals surface area (Å²) in [5.41, 5.74) is 5.63. The fourth-order valence-corrected chi connectivity index (χ4v) is 4.09. The number of fused-ring (bicyclic) bond motifs is 1. The molecule has 0 aliphatic carbocycles. The van der Waals surface area contributed by atoms with E-state index in [-0.39, 0.29) is 6.04 Å². The van der Waals surface area contributed by atoms with Crippen molar-refractivity contribution in [2.24, 2.45) is 0 Å². The van der Waals surface area contributed by atoms with Crippen LogP contribution in [-0.4, -0.2) is 55.8 Å². The second kappa shape index (κ2) is 7.73. The molecule has 6 heteroatoms. The maximum atomic E-state index is 4.98. The van der Waals surface area contributed by atoms with Crippen molar-refractivity contribution in [1.29, 1.82) is 0 Å². The smallest absolute Gasteiger partial charge is 0.137 e. The minimum absolute atomic E-state index is 0.269. The van der Waals surface area contributed by atoms with Gasteiger partial charge in [-0.2, -0.15) is 0 Å². The highest BCUT2D eigenvalue weighted by atomic mass is 15.3. The van der Waals surface area contributed by atoms with Gasteiger partial charge in [0, 0.05) is 62.7 Å². The number of pyridine rings is 3. The maximum Gasteiger partial charge on any atom is 0.137 e. The van der Waals surface area contributed by atoms with Crippen LogP contribution in [0.25, 0.3) is 16.9 Å². The van der Waals surface area contributed by atoms with Gasteiger partial charge in [-0.1, -0.05) is 12.1 Å². The highest BCUT2D eigenvalue weighted by molar-refractivity contribution is 5.63. The van der Waals surface area contributed by atoms with Crippen molar-refractivity contribution in [2.75, 3.05) is 26.7 Å². The van der Waals surface area contributed by atoms with E-state index >= 15 is 0 Å². The lowest BCUT2D eigenvalue weighted by atomic mass is 10.1. The van der Waals surface area contributed by atoms with E-state index in [1.165, 1.54) is 5.56 Å². The van der Waals surface area contributed by atoms with Crippen LogP contribution in [0.2, 0.25) is 0 Å². The lowest BCUT2D eigenvalue weighted by molar-refractivity contribution is 0.0885. The Balaban J connectivity index is 1.45. The monoisotopic (exact) mass is 384 g/mol. The van der Waals surface area contributed by atoms with Crippen molar-refractivity contribution < 1.29 is 0 Å². The van der Waals surface area contributed by atoms with E-state index in [1.54, 1.807) is 0 Å². The van der Waals surface area contributed by atoms with Crippen molar-refractivity contribution in [3.05, 3.63) is 84.7 Å². The predicted octanol–water partition coefficient (Wildman–Crippen LogP) is 3.28. The van der Waals surface area contributed by atoms with Crippen LogP contribution in [0.3, 0.4) is 0 Å². The van der Waals surface area contributed by atoms with E-state index in [0.29, 0.717) is 0 Å². The van der Waals surface area contributed by atoms with Gasteiger partial charge >= 0.3 is 0 Å². The molecule has 1 atom stereocenters. The molecule has 1 aliphatic heterocycles. The Bertz CT molecular complexity index is 1090. The molecule has 4 aromatic rings. The fraction of sp³-hybridized carbons (Fsp3) is 0.261. The van der Waals surface area contributed by atoms with Gasteiger partial charge < -0.3 is 0 Å². The molecule has 5 heterocycles. The summed E-state index contributed by atoms with van der Waals surface area (Å²) in [4.78, 5) is 18.3. The van der Waals surface area contributed by atoms with Gasteiger partial charge in [0.25, 0.3) is 0 Å². The Labute approximate surface area is 170 Å². The van der Waals surface area contributed by atoms with Crippen molar-refractivity contribution in [3.63, 3.8) is 0 Å². The van der Waals surface area contributed by atoms with Crippen LogP contribution >= 0.6 is 0 Å². The standard InChI is InChI=1S/C23H24N6/c1-27-12-13-28(15-18-4-3-9-25-14-18)17-22(27)20-16-29-21(5-2-6-23(29)26-20)19-7-10-24-11-8-19/h2-11,14,16,22H,12-13,15,17H2,1H3/t22-/m0/s1. The van der Waals surface area contributed by atoms with Crippen molar-refractivity contribution >= 4 is 5.65 Å². The first kappa shape index (κ1) is 18.0. The number of hydrogen-bond donors (Lipinski definition) is 0. The Kier molecular flexibility index (Phi) is 4.79. The van der Waals surface area contributed by atoms with Gasteiger partial charge in [0.15, 0.2) is 0 Å². The van der Waals surface area contributed by atoms with Crippen LogP contribution in [0.15, 0.2) is 73.4 Å². The molecular weight excluding hydrogens is 360 g/mol. The zero-order valence-corrected chi connectivity index (χ0v) is 16.5. The van der Waals surface area contributed by atoms with E-state index in [4.69, 9.17) is 4.98 Å². The molecule has 4 aromatic heterocycles. The summed E-state index contributed by atoms with van der Waals surface area (Å²) >= 11 is 0. The molecule has 0 spiro atoms. The molecule has 146 valence electrons. The Morgan fingerprint density at radius 1 is 0.966 bits per heavy atom. The fourth-order valence-electron chi connectivity index (χ4n) is 4.09. The Morgan fingerprint density at radius 3 is 2.69 bits per heavy atom. The summed E-state index contributed by atoms with van der Waals surface area (Å²) in [7, 11) is 2.19. The molecule has 29 heavy (non-hydrogen) atoms. The SMILES string of the molecule is CN1CCN(Cc2cccnc2)C[C@H]1c1cn2c(-c3ccncc3)cccc2n1. The number of rotatable bonds is 4. The van der Waals surface area contributed by atoms with E-state index in [0.717, 1.165) is 48.8 Å². The van der Waals surface area contributed by atoms with Crippen LogP contribution in [-0.2, 0) is 6.54 Å². The lowest BCUT2D eigenvalue weighted by Crippen LogP contribution is -2.46. The van der Waals surface area contributed by atoms with E-state index in [9.17, 15) is 0 Å². The molecule has 0 saturated carbocycles. The van der Waals surface area contributed by atoms with Crippen LogP contribution in [0.4, 0.5) is 0 Å². The average molecular weight is 384 g/mol. The summed E-state index contributed by atoms with van der Waals surface area (Å²) in [5, 5.41) is 0. The van der Waals surface area contributed by atoms with E-state index in [2.05, 4.69) is 61.7 Å². The predicted molar refractivity (Wildman–Crippen MR) is 113 cm³/mol. The van der Waals surface area contributed by atoms with Crippen molar-refractivity contribution in [3.8, 4) is 11.3 Å². The average Bonchev–Trinajstić information content (AvgIpc) is 3.20. The molecule has 6 nitrogen and oxygen atoms in total. The Morgan fingerprint density at radius 2 is 1.86 bits per heavy atom. The van der Waals surface area contributed by atoms with Gasteiger partial charge in [-0.3, -0.25) is 24.2 Å². The first-order chi connectivity index (χ1) is 14.3. The van der Waals surface area contributed by atoms with Crippen molar-refractivity contribution in [1.82, 2.24) is 29.2 Å². The molecule has 0 N–H and O–H groups in total. The molecule has 0 aromatic carbocycles. The lowest BCUT2D eigenvalue weighted by Gasteiger charge is -2.38. The molecule has 5 rings (SSSR count). The van der Waals surface area contributed by atoms with Crippen LogP contribution in [0, 0.1) is 0 Å². The van der Waals surface area contributed by atoms with Gasteiger partial charge in [0.2, 0.25) is 0 Å². The zero-order chi connectivity index (χ0) is 19.6. The third-order valence-electron chi connectivity index (χ3n) is 5.69. The Hall–Kier alpha value is -3.09. The zero-order valence-electron chi connectivity index (χ0n) is 16.5. The van der Waals surface area contributed by atoms with E-state index in [1.807, 2.05) is 43.0 Å². The summed E-state index contributed by atoms with van der Waals surface area (Å²) in [5.74, 6) is 0. The summed E-state index contributed by atoms with van der Waals surface area (Å²) in [6.45, 7) is 3.96. The largest absolute Gasteiger partial charge is 0.299 e. The second-order valence-corrected chi connectivity index (χ2v) is 7.63. The third-order valence-corrected chi connectivity index (χ3v) is 5.69. The topological polar surface area (TPSA) is 49.6 Å². The summed E-state index contributed by atoms with van der Waals surface area (Å²) < 4.78 is 2.19. The summed E-state index contributed by atoms with van der Waals surface area (Å²) in [6.07, 6.45) is 9.64. The number of imidazole rings is 1. The highest BCUT2D eigenvalue weighted by Crippen LogP contribution is 2.27. The molecule has 0 radical (unpaired) electrons. The van der Waals surface area contributed by atoms with Crippen LogP contribution in [0.1, 0.15) is 17.3 Å². The van der Waals surface area contributed by atoms with Gasteiger partial charge in [-0.25, -0.2) is 4.98 Å². The number of hydrogen-bond acceptors (Lipinski definition) is 5. The number of piperazine rings is 1. The van der Waals surface area contributed by atoms with E-state index < -0.39 is 0 Å². The van der Waals surface area contributed by atoms with Gasteiger partial charge in [0.1, 0.15) is 5.65 Å². The number of aromatic nitrogens is 4. The molecule has 0 amide bonds. The molecule has 0 bridgehead atoms. The first-order valence-electron chi connectivity index (χ1n) is 9.98. The normalized spacial score (nSPS) is 18.3. The number of nitrogens with zero attached hydrogens (tertiary/aromatic N) is 6. The quantitative estimate of drug-likeness (QED) is 0.540. The van der Waals surface area contributed by atoms with Crippen LogP contribution < -0.4 is 0 Å². The second-order valence-electron chi connectivity index (χ2n) is 7.63. The third kappa shape index (κ3) is 3.64. The highest BCUT2D eigenvalue weighted by Gasteiger charge is 2.28. The minimum Gasteiger partial charge on any atom is -0.299 e. The summed E-state index contributed by atoms with van der Waals surface area (Å²) in [6, 6.07) is 14.8. The molecule has 0 unspecified atom stereocenters. The van der Waals surface area contributed by atoms with Gasteiger partial charge in [-0.15, -0.1) is 0 Å². The maximum absolute atomic E-state index is 4.98. The molecule has 1 aliphatic rings. The van der Waals surface area contributed by atoms with Gasteiger partial charge in [-0.05, 0) is 42.9 Å².